The first-order valence-electron chi connectivity index (χ1n) is 6.83. The van der Waals surface area contributed by atoms with Gasteiger partial charge in [0, 0.05) is 37.5 Å². The molecule has 1 aliphatic heterocycles. The van der Waals surface area contributed by atoms with E-state index in [2.05, 4.69) is 5.32 Å². The maximum atomic E-state index is 11.9. The molecule has 21 heavy (non-hydrogen) atoms. The van der Waals surface area contributed by atoms with Crippen molar-refractivity contribution in [2.24, 2.45) is 0 Å². The average molecular weight is 309 g/mol. The molecule has 1 atom stereocenters. The van der Waals surface area contributed by atoms with Crippen molar-refractivity contribution in [1.29, 1.82) is 0 Å². The number of anilines is 1. The molecule has 2 rings (SSSR count). The van der Waals surface area contributed by atoms with E-state index in [4.69, 9.17) is 0 Å². The Balaban J connectivity index is 2.24. The molecule has 0 saturated carbocycles. The normalized spacial score (nSPS) is 18.1. The Labute approximate surface area is 128 Å². The number of nitro groups is 1. The van der Waals surface area contributed by atoms with Gasteiger partial charge in [0.25, 0.3) is 11.6 Å². The summed E-state index contributed by atoms with van der Waals surface area (Å²) < 4.78 is 0. The largest absolute Gasteiger partial charge is 0.376 e. The summed E-state index contributed by atoms with van der Waals surface area (Å²) in [6.07, 6.45) is 2.13. The zero-order valence-corrected chi connectivity index (χ0v) is 13.0. The molecule has 0 aromatic heterocycles. The third kappa shape index (κ3) is 3.87. The quantitative estimate of drug-likeness (QED) is 0.683. The Morgan fingerprint density at radius 1 is 1.48 bits per heavy atom. The van der Waals surface area contributed by atoms with E-state index in [9.17, 15) is 14.9 Å². The van der Waals surface area contributed by atoms with E-state index in [0.29, 0.717) is 11.3 Å². The number of nitrogens with zero attached hydrogens (tertiary/aromatic N) is 2. The van der Waals surface area contributed by atoms with Crippen LogP contribution in [0.25, 0.3) is 0 Å². The summed E-state index contributed by atoms with van der Waals surface area (Å²) in [5.74, 6) is 1.87. The Hall–Kier alpha value is -1.76. The molecule has 0 aliphatic carbocycles. The third-order valence-electron chi connectivity index (χ3n) is 3.37. The second kappa shape index (κ2) is 6.80. The molecule has 1 amide bonds. The summed E-state index contributed by atoms with van der Waals surface area (Å²) in [6.45, 7) is 0. The van der Waals surface area contributed by atoms with Gasteiger partial charge in [-0.3, -0.25) is 14.9 Å². The van der Waals surface area contributed by atoms with Crippen molar-refractivity contribution >= 4 is 29.0 Å². The molecular formula is C14H19N3O3S. The van der Waals surface area contributed by atoms with Gasteiger partial charge in [-0.1, -0.05) is 0 Å². The lowest BCUT2D eigenvalue weighted by atomic mass is 10.1. The van der Waals surface area contributed by atoms with Crippen LogP contribution in [0, 0.1) is 10.1 Å². The van der Waals surface area contributed by atoms with Crippen LogP contribution in [-0.2, 0) is 0 Å². The first kappa shape index (κ1) is 15.6. The second-order valence-electron chi connectivity index (χ2n) is 5.25. The van der Waals surface area contributed by atoms with Crippen molar-refractivity contribution in [3.8, 4) is 0 Å². The molecule has 1 heterocycles. The maximum Gasteiger partial charge on any atom is 0.293 e. The molecule has 1 saturated heterocycles. The summed E-state index contributed by atoms with van der Waals surface area (Å²) in [4.78, 5) is 24.1. The van der Waals surface area contributed by atoms with Crippen LogP contribution in [-0.4, -0.2) is 47.4 Å². The average Bonchev–Trinajstić information content (AvgIpc) is 2.47. The van der Waals surface area contributed by atoms with Crippen LogP contribution in [0.15, 0.2) is 18.2 Å². The molecule has 0 radical (unpaired) electrons. The van der Waals surface area contributed by atoms with Crippen LogP contribution in [0.1, 0.15) is 23.2 Å². The molecular weight excluding hydrogens is 290 g/mol. The highest BCUT2D eigenvalue weighted by Crippen LogP contribution is 2.29. The fraction of sp³-hybridized carbons (Fsp3) is 0.500. The number of nitrogens with one attached hydrogen (secondary N) is 1. The minimum Gasteiger partial charge on any atom is -0.376 e. The monoisotopic (exact) mass is 309 g/mol. The summed E-state index contributed by atoms with van der Waals surface area (Å²) in [5.41, 5.74) is 0.774. The van der Waals surface area contributed by atoms with E-state index in [1.54, 1.807) is 26.2 Å². The van der Waals surface area contributed by atoms with Crippen molar-refractivity contribution in [1.82, 2.24) is 4.90 Å². The molecule has 7 heteroatoms. The number of rotatable bonds is 4. The number of hydrogen-bond acceptors (Lipinski definition) is 5. The van der Waals surface area contributed by atoms with E-state index in [1.807, 2.05) is 11.8 Å². The second-order valence-corrected chi connectivity index (χ2v) is 6.40. The Morgan fingerprint density at radius 2 is 2.24 bits per heavy atom. The highest BCUT2D eigenvalue weighted by molar-refractivity contribution is 7.99. The van der Waals surface area contributed by atoms with Crippen molar-refractivity contribution in [3.05, 3.63) is 33.9 Å². The zero-order valence-electron chi connectivity index (χ0n) is 12.2. The van der Waals surface area contributed by atoms with Gasteiger partial charge in [-0.05, 0) is 30.7 Å². The summed E-state index contributed by atoms with van der Waals surface area (Å²) >= 11 is 1.86. The molecule has 0 spiro atoms. The lowest BCUT2D eigenvalue weighted by Gasteiger charge is -2.23. The van der Waals surface area contributed by atoms with Crippen molar-refractivity contribution in [3.63, 3.8) is 0 Å². The standard InChI is InChI=1S/C14H19N3O3S/c1-16(2)14(18)10-5-6-12(13(8-10)17(19)20)15-11-4-3-7-21-9-11/h5-6,8,11,15H,3-4,7,9H2,1-2H3. The van der Waals surface area contributed by atoms with Crippen LogP contribution >= 0.6 is 11.8 Å². The maximum absolute atomic E-state index is 11.9. The lowest BCUT2D eigenvalue weighted by Crippen LogP contribution is -2.26. The molecule has 1 unspecified atom stereocenters. The Kier molecular flexibility index (Phi) is 5.06. The molecule has 1 aliphatic rings. The number of carbonyl (C=O) groups is 1. The van der Waals surface area contributed by atoms with Crippen molar-refractivity contribution in [2.75, 3.05) is 30.9 Å². The fourth-order valence-electron chi connectivity index (χ4n) is 2.27. The van der Waals surface area contributed by atoms with Gasteiger partial charge in [0.1, 0.15) is 5.69 Å². The van der Waals surface area contributed by atoms with E-state index in [1.165, 1.54) is 11.0 Å². The van der Waals surface area contributed by atoms with E-state index in [-0.39, 0.29) is 17.6 Å². The minimum atomic E-state index is -0.440. The topological polar surface area (TPSA) is 75.5 Å². The minimum absolute atomic E-state index is 0.0433. The number of hydrogen-bond donors (Lipinski definition) is 1. The number of thioether (sulfide) groups is 1. The molecule has 1 N–H and O–H groups in total. The van der Waals surface area contributed by atoms with Gasteiger partial charge in [-0.2, -0.15) is 11.8 Å². The Morgan fingerprint density at radius 3 is 2.81 bits per heavy atom. The summed E-state index contributed by atoms with van der Waals surface area (Å²) in [5, 5.41) is 14.5. The fourth-order valence-corrected chi connectivity index (χ4v) is 3.34. The van der Waals surface area contributed by atoms with Crippen LogP contribution in [0.5, 0.6) is 0 Å². The molecule has 1 aromatic carbocycles. The van der Waals surface area contributed by atoms with E-state index < -0.39 is 4.92 Å². The summed E-state index contributed by atoms with van der Waals surface area (Å²) in [6, 6.07) is 4.86. The van der Waals surface area contributed by atoms with Crippen LogP contribution in [0.2, 0.25) is 0 Å². The van der Waals surface area contributed by atoms with Gasteiger partial charge in [-0.15, -0.1) is 0 Å². The smallest absolute Gasteiger partial charge is 0.293 e. The van der Waals surface area contributed by atoms with Gasteiger partial charge in [0.2, 0.25) is 0 Å². The number of nitro benzene ring substituents is 1. The van der Waals surface area contributed by atoms with Gasteiger partial charge in [0.05, 0.1) is 4.92 Å². The van der Waals surface area contributed by atoms with Gasteiger partial charge < -0.3 is 10.2 Å². The van der Waals surface area contributed by atoms with Crippen molar-refractivity contribution in [2.45, 2.75) is 18.9 Å². The number of carbonyl (C=O) groups excluding carboxylic acids is 1. The number of benzene rings is 1. The molecule has 0 bridgehead atoms. The Bertz CT molecular complexity index is 542. The lowest BCUT2D eigenvalue weighted by molar-refractivity contribution is -0.384. The predicted molar refractivity (Wildman–Crippen MR) is 85.1 cm³/mol. The SMILES string of the molecule is CN(C)C(=O)c1ccc(NC2CCCSC2)c([N+](=O)[O-])c1. The number of amides is 1. The van der Waals surface area contributed by atoms with Crippen LogP contribution in [0.3, 0.4) is 0 Å². The van der Waals surface area contributed by atoms with Crippen molar-refractivity contribution < 1.29 is 9.72 Å². The van der Waals surface area contributed by atoms with E-state index in [0.717, 1.165) is 24.3 Å². The van der Waals surface area contributed by atoms with Gasteiger partial charge >= 0.3 is 0 Å². The molecule has 114 valence electrons. The van der Waals surface area contributed by atoms with Crippen LogP contribution < -0.4 is 5.32 Å². The zero-order chi connectivity index (χ0) is 15.4. The highest BCUT2D eigenvalue weighted by Gasteiger charge is 2.21. The van der Waals surface area contributed by atoms with Gasteiger partial charge in [0.15, 0.2) is 0 Å². The van der Waals surface area contributed by atoms with Gasteiger partial charge in [-0.25, -0.2) is 0 Å². The molecule has 6 nitrogen and oxygen atoms in total. The summed E-state index contributed by atoms with van der Waals surface area (Å²) in [7, 11) is 3.25. The predicted octanol–water partition coefficient (Wildman–Crippen LogP) is 2.60. The first-order chi connectivity index (χ1) is 9.99. The van der Waals surface area contributed by atoms with Crippen LogP contribution in [0.4, 0.5) is 11.4 Å². The molecule has 1 fully saturated rings. The third-order valence-corrected chi connectivity index (χ3v) is 4.58. The van der Waals surface area contributed by atoms with E-state index >= 15 is 0 Å². The highest BCUT2D eigenvalue weighted by atomic mass is 32.2. The molecule has 1 aromatic rings. The first-order valence-corrected chi connectivity index (χ1v) is 7.99.